The molecule has 0 fully saturated rings. The van der Waals surface area contributed by atoms with E-state index in [-0.39, 0.29) is 6.54 Å². The van der Waals surface area contributed by atoms with E-state index in [1.807, 2.05) is 12.3 Å². The van der Waals surface area contributed by atoms with Crippen molar-refractivity contribution in [2.75, 3.05) is 0 Å². The van der Waals surface area contributed by atoms with Gasteiger partial charge in [0.2, 0.25) is 10.0 Å². The molecule has 92 valence electrons. The molecule has 2 aromatic rings. The van der Waals surface area contributed by atoms with E-state index in [1.165, 1.54) is 22.7 Å². The van der Waals surface area contributed by atoms with E-state index < -0.39 is 10.0 Å². The lowest BCUT2D eigenvalue weighted by Crippen LogP contribution is -2.22. The highest BCUT2D eigenvalue weighted by atomic mass is 79.9. The maximum Gasteiger partial charge on any atom is 0.250 e. The van der Waals surface area contributed by atoms with E-state index in [2.05, 4.69) is 25.6 Å². The van der Waals surface area contributed by atoms with Gasteiger partial charge in [-0.05, 0) is 34.5 Å². The lowest BCUT2D eigenvalue weighted by Gasteiger charge is -2.01. The summed E-state index contributed by atoms with van der Waals surface area (Å²) in [7, 11) is -3.43. The Morgan fingerprint density at radius 2 is 2.29 bits per heavy atom. The van der Waals surface area contributed by atoms with Gasteiger partial charge >= 0.3 is 0 Å². The standard InChI is InChI=1S/C9H9BrN2O2S3/c1-6-2-8(16-9(6)10)17(13,14)12-3-7-4-15-5-11-7/h2,4-5,12H,3H2,1H3. The normalized spacial score (nSPS) is 11.9. The maximum absolute atomic E-state index is 11.9. The fraction of sp³-hybridized carbons (Fsp3) is 0.222. The number of aromatic nitrogens is 1. The molecule has 8 heteroatoms. The molecule has 0 saturated carbocycles. The molecule has 0 aliphatic heterocycles. The predicted molar refractivity (Wildman–Crippen MR) is 72.9 cm³/mol. The van der Waals surface area contributed by atoms with Crippen LogP contribution in [0.3, 0.4) is 0 Å². The first kappa shape index (κ1) is 13.2. The Hall–Kier alpha value is -0.280. The summed E-state index contributed by atoms with van der Waals surface area (Å²) in [6.45, 7) is 2.08. The average molecular weight is 353 g/mol. The molecular weight excluding hydrogens is 344 g/mol. The third kappa shape index (κ3) is 3.14. The molecule has 0 unspecified atom stereocenters. The molecule has 0 atom stereocenters. The van der Waals surface area contributed by atoms with Gasteiger partial charge in [0.1, 0.15) is 4.21 Å². The number of thiophene rings is 1. The van der Waals surface area contributed by atoms with Crippen LogP contribution in [-0.2, 0) is 16.6 Å². The minimum atomic E-state index is -3.43. The van der Waals surface area contributed by atoms with Gasteiger partial charge in [0.25, 0.3) is 0 Å². The zero-order chi connectivity index (χ0) is 12.5. The van der Waals surface area contributed by atoms with Crippen molar-refractivity contribution < 1.29 is 8.42 Å². The van der Waals surface area contributed by atoms with Crippen molar-refractivity contribution in [3.8, 4) is 0 Å². The molecule has 0 bridgehead atoms. The monoisotopic (exact) mass is 352 g/mol. The van der Waals surface area contributed by atoms with Crippen LogP contribution < -0.4 is 4.72 Å². The summed E-state index contributed by atoms with van der Waals surface area (Å²) in [5, 5.41) is 1.82. The summed E-state index contributed by atoms with van der Waals surface area (Å²) in [5.74, 6) is 0. The highest BCUT2D eigenvalue weighted by Gasteiger charge is 2.18. The van der Waals surface area contributed by atoms with Crippen LogP contribution in [0.25, 0.3) is 0 Å². The zero-order valence-electron chi connectivity index (χ0n) is 8.81. The van der Waals surface area contributed by atoms with Crippen LogP contribution in [0.15, 0.2) is 25.0 Å². The summed E-state index contributed by atoms with van der Waals surface area (Å²) in [6, 6.07) is 1.65. The third-order valence-corrected chi connectivity index (χ3v) is 6.67. The Bertz CT molecular complexity index is 585. The van der Waals surface area contributed by atoms with Crippen molar-refractivity contribution in [3.63, 3.8) is 0 Å². The van der Waals surface area contributed by atoms with Crippen LogP contribution in [0.1, 0.15) is 11.3 Å². The van der Waals surface area contributed by atoms with Crippen LogP contribution in [0.5, 0.6) is 0 Å². The van der Waals surface area contributed by atoms with Gasteiger partial charge in [0.05, 0.1) is 21.5 Å². The minimum absolute atomic E-state index is 0.223. The van der Waals surface area contributed by atoms with Crippen molar-refractivity contribution in [2.24, 2.45) is 0 Å². The van der Waals surface area contributed by atoms with Gasteiger partial charge < -0.3 is 0 Å². The number of hydrogen-bond acceptors (Lipinski definition) is 5. The molecule has 2 rings (SSSR count). The van der Waals surface area contributed by atoms with Crippen molar-refractivity contribution in [1.82, 2.24) is 9.71 Å². The number of thiazole rings is 1. The van der Waals surface area contributed by atoms with Crippen molar-refractivity contribution in [2.45, 2.75) is 17.7 Å². The topological polar surface area (TPSA) is 59.1 Å². The van der Waals surface area contributed by atoms with Crippen molar-refractivity contribution in [3.05, 3.63) is 32.0 Å². The van der Waals surface area contributed by atoms with E-state index >= 15 is 0 Å². The molecule has 17 heavy (non-hydrogen) atoms. The van der Waals surface area contributed by atoms with Crippen LogP contribution >= 0.6 is 38.6 Å². The fourth-order valence-electron chi connectivity index (χ4n) is 1.13. The molecule has 0 amide bonds. The molecule has 2 heterocycles. The van der Waals surface area contributed by atoms with Gasteiger partial charge in [-0.1, -0.05) is 0 Å². The Kier molecular flexibility index (Phi) is 3.99. The second-order valence-electron chi connectivity index (χ2n) is 3.33. The lowest BCUT2D eigenvalue weighted by molar-refractivity contribution is 0.582. The number of rotatable bonds is 4. The third-order valence-electron chi connectivity index (χ3n) is 2.03. The van der Waals surface area contributed by atoms with Gasteiger partial charge in [0, 0.05) is 5.38 Å². The largest absolute Gasteiger partial charge is 0.250 e. The Balaban J connectivity index is 2.14. The van der Waals surface area contributed by atoms with Gasteiger partial charge in [-0.15, -0.1) is 22.7 Å². The summed E-state index contributed by atoms with van der Waals surface area (Å²) >= 11 is 5.96. The van der Waals surface area contributed by atoms with Gasteiger partial charge in [-0.25, -0.2) is 18.1 Å². The number of nitrogens with one attached hydrogen (secondary N) is 1. The molecule has 0 radical (unpaired) electrons. The molecule has 0 saturated heterocycles. The van der Waals surface area contributed by atoms with Crippen LogP contribution in [0.4, 0.5) is 0 Å². The second-order valence-corrected chi connectivity index (χ2v) is 8.41. The van der Waals surface area contributed by atoms with E-state index in [0.717, 1.165) is 15.0 Å². The fourth-order valence-corrected chi connectivity index (χ4v) is 4.96. The summed E-state index contributed by atoms with van der Waals surface area (Å²) < 4.78 is 27.6. The quantitative estimate of drug-likeness (QED) is 0.920. The SMILES string of the molecule is Cc1cc(S(=O)(=O)NCc2cscn2)sc1Br. The highest BCUT2D eigenvalue weighted by Crippen LogP contribution is 2.30. The number of halogens is 1. The Morgan fingerprint density at radius 1 is 1.53 bits per heavy atom. The van der Waals surface area contributed by atoms with E-state index in [1.54, 1.807) is 11.6 Å². The first-order valence-electron chi connectivity index (χ1n) is 4.62. The highest BCUT2D eigenvalue weighted by molar-refractivity contribution is 9.11. The van der Waals surface area contributed by atoms with E-state index in [9.17, 15) is 8.42 Å². The Labute approximate surface area is 116 Å². The summed E-state index contributed by atoms with van der Waals surface area (Å²) in [4.78, 5) is 4.02. The summed E-state index contributed by atoms with van der Waals surface area (Å²) in [5.41, 5.74) is 3.32. The van der Waals surface area contributed by atoms with Gasteiger partial charge in [-0.3, -0.25) is 0 Å². The van der Waals surface area contributed by atoms with Crippen molar-refractivity contribution in [1.29, 1.82) is 0 Å². The average Bonchev–Trinajstić information content (AvgIpc) is 2.87. The van der Waals surface area contributed by atoms with E-state index in [0.29, 0.717) is 4.21 Å². The van der Waals surface area contributed by atoms with Gasteiger partial charge in [0.15, 0.2) is 0 Å². The number of hydrogen-bond donors (Lipinski definition) is 1. The zero-order valence-corrected chi connectivity index (χ0v) is 12.8. The summed E-state index contributed by atoms with van der Waals surface area (Å²) in [6.07, 6.45) is 0. The van der Waals surface area contributed by atoms with Crippen LogP contribution in [0, 0.1) is 6.92 Å². The minimum Gasteiger partial charge on any atom is -0.248 e. The molecule has 0 aliphatic rings. The van der Waals surface area contributed by atoms with Crippen LogP contribution in [-0.4, -0.2) is 13.4 Å². The lowest BCUT2D eigenvalue weighted by atomic mass is 10.4. The first-order chi connectivity index (χ1) is 7.99. The molecule has 0 aromatic carbocycles. The molecule has 4 nitrogen and oxygen atoms in total. The van der Waals surface area contributed by atoms with Gasteiger partial charge in [-0.2, -0.15) is 0 Å². The molecule has 1 N–H and O–H groups in total. The molecule has 0 aliphatic carbocycles. The maximum atomic E-state index is 11.9. The molecule has 0 spiro atoms. The van der Waals surface area contributed by atoms with Crippen LogP contribution in [0.2, 0.25) is 0 Å². The van der Waals surface area contributed by atoms with Crippen molar-refractivity contribution >= 4 is 48.6 Å². The number of aryl methyl sites for hydroxylation is 1. The predicted octanol–water partition coefficient (Wildman–Crippen LogP) is 2.75. The van der Waals surface area contributed by atoms with E-state index in [4.69, 9.17) is 0 Å². The second kappa shape index (κ2) is 5.15. The number of sulfonamides is 1. The first-order valence-corrected chi connectivity index (χ1v) is 8.65. The smallest absolute Gasteiger partial charge is 0.248 e. The Morgan fingerprint density at radius 3 is 2.82 bits per heavy atom. The molecule has 2 aromatic heterocycles. The molecular formula is C9H9BrN2O2S3. The number of nitrogens with zero attached hydrogens (tertiary/aromatic N) is 1.